The summed E-state index contributed by atoms with van der Waals surface area (Å²) >= 11 is 0. The molecule has 80 valence electrons. The summed E-state index contributed by atoms with van der Waals surface area (Å²) in [5, 5.41) is 9.63. The molecular weight excluding hydrogens is 204 g/mol. The molecule has 0 bridgehead atoms. The Hall–Kier alpha value is -2.10. The molecule has 0 aliphatic carbocycles. The van der Waals surface area contributed by atoms with Crippen molar-refractivity contribution < 1.29 is 14.6 Å². The lowest BCUT2D eigenvalue weighted by atomic mass is 10.1. The summed E-state index contributed by atoms with van der Waals surface area (Å²) in [5.74, 6) is 10.1. The van der Waals surface area contributed by atoms with Gasteiger partial charge in [-0.15, -0.1) is 0 Å². The maximum Gasteiger partial charge on any atom is 0.300 e. The van der Waals surface area contributed by atoms with Crippen LogP contribution in [0.1, 0.15) is 6.92 Å². The Morgan fingerprint density at radius 2 is 2.38 bits per heavy atom. The summed E-state index contributed by atoms with van der Waals surface area (Å²) in [6.07, 6.45) is 7.12. The molecule has 1 spiro atoms. The predicted octanol–water partition coefficient (Wildman–Crippen LogP) is 1.08. The van der Waals surface area contributed by atoms with Gasteiger partial charge in [0.2, 0.25) is 0 Å². The van der Waals surface area contributed by atoms with E-state index >= 15 is 0 Å². The number of allylic oxidation sites excluding steroid dienone is 2. The van der Waals surface area contributed by atoms with Crippen molar-refractivity contribution in [2.24, 2.45) is 0 Å². The molecule has 3 nitrogen and oxygen atoms in total. The summed E-state index contributed by atoms with van der Waals surface area (Å²) in [6, 6.07) is 0. The van der Waals surface area contributed by atoms with Crippen molar-refractivity contribution in [2.45, 2.75) is 18.8 Å². The monoisotopic (exact) mass is 214 g/mol. The van der Waals surface area contributed by atoms with Gasteiger partial charge in [-0.3, -0.25) is 0 Å². The molecule has 0 aromatic heterocycles. The van der Waals surface area contributed by atoms with Gasteiger partial charge in [-0.05, 0) is 30.9 Å². The van der Waals surface area contributed by atoms with Gasteiger partial charge >= 0.3 is 5.79 Å². The van der Waals surface area contributed by atoms with Crippen molar-refractivity contribution >= 4 is 0 Å². The first-order valence-corrected chi connectivity index (χ1v) is 4.80. The van der Waals surface area contributed by atoms with E-state index in [4.69, 9.17) is 9.47 Å². The topological polar surface area (TPSA) is 38.7 Å². The first-order chi connectivity index (χ1) is 7.77. The minimum Gasteiger partial charge on any atom is -0.454 e. The lowest BCUT2D eigenvalue weighted by Gasteiger charge is -2.24. The van der Waals surface area contributed by atoms with Crippen molar-refractivity contribution in [1.29, 1.82) is 0 Å². The maximum atomic E-state index is 9.63. The lowest BCUT2D eigenvalue weighted by Crippen LogP contribution is -2.37. The van der Waals surface area contributed by atoms with E-state index < -0.39 is 11.9 Å². The van der Waals surface area contributed by atoms with Crippen molar-refractivity contribution in [3.8, 4) is 23.7 Å². The summed E-state index contributed by atoms with van der Waals surface area (Å²) in [4.78, 5) is 0. The maximum absolute atomic E-state index is 9.63. The van der Waals surface area contributed by atoms with Crippen LogP contribution in [-0.2, 0) is 9.47 Å². The number of hydrogen-bond donors (Lipinski definition) is 1. The van der Waals surface area contributed by atoms with Gasteiger partial charge in [0.15, 0.2) is 6.10 Å². The summed E-state index contributed by atoms with van der Waals surface area (Å²) in [5.41, 5.74) is 0. The first kappa shape index (κ1) is 10.4. The Morgan fingerprint density at radius 3 is 3.06 bits per heavy atom. The second-order valence-corrected chi connectivity index (χ2v) is 3.24. The third kappa shape index (κ3) is 1.82. The van der Waals surface area contributed by atoms with E-state index in [2.05, 4.69) is 23.7 Å². The molecule has 2 aliphatic heterocycles. The van der Waals surface area contributed by atoms with E-state index in [1.807, 2.05) is 0 Å². The second-order valence-electron chi connectivity index (χ2n) is 3.24. The summed E-state index contributed by atoms with van der Waals surface area (Å²) < 4.78 is 10.7. The molecule has 2 heterocycles. The summed E-state index contributed by atoms with van der Waals surface area (Å²) in [7, 11) is 0. The SMILES string of the molecule is CC#CC#C/C=C1/C=C[C@]2(OC=C[C@@H]2O)O1. The smallest absolute Gasteiger partial charge is 0.300 e. The Kier molecular flexibility index (Phi) is 2.72. The van der Waals surface area contributed by atoms with Crippen molar-refractivity contribution in [3.63, 3.8) is 0 Å². The van der Waals surface area contributed by atoms with Gasteiger partial charge in [-0.25, -0.2) is 0 Å². The Bertz CT molecular complexity index is 491. The lowest BCUT2D eigenvalue weighted by molar-refractivity contribution is -0.165. The van der Waals surface area contributed by atoms with Crippen LogP contribution in [0.2, 0.25) is 0 Å². The number of aliphatic hydroxyl groups is 1. The van der Waals surface area contributed by atoms with Crippen LogP contribution < -0.4 is 0 Å². The Balaban J connectivity index is 2.07. The zero-order valence-electron chi connectivity index (χ0n) is 8.73. The Morgan fingerprint density at radius 1 is 1.50 bits per heavy atom. The zero-order valence-corrected chi connectivity index (χ0v) is 8.73. The van der Waals surface area contributed by atoms with Gasteiger partial charge in [-0.2, -0.15) is 0 Å². The van der Waals surface area contributed by atoms with Crippen LogP contribution in [-0.4, -0.2) is 17.0 Å². The van der Waals surface area contributed by atoms with Crippen molar-refractivity contribution in [3.05, 3.63) is 36.3 Å². The molecule has 0 unspecified atom stereocenters. The van der Waals surface area contributed by atoms with Gasteiger partial charge in [0.25, 0.3) is 0 Å². The molecule has 0 radical (unpaired) electrons. The molecule has 0 fully saturated rings. The number of rotatable bonds is 0. The minimum atomic E-state index is -1.09. The molecule has 0 saturated carbocycles. The van der Waals surface area contributed by atoms with Crippen LogP contribution in [0.25, 0.3) is 0 Å². The van der Waals surface area contributed by atoms with Crippen LogP contribution in [0.15, 0.2) is 36.3 Å². The molecule has 0 saturated heterocycles. The molecule has 2 aliphatic rings. The molecule has 1 N–H and O–H groups in total. The fraction of sp³-hybridized carbons (Fsp3) is 0.231. The van der Waals surface area contributed by atoms with Gasteiger partial charge in [0, 0.05) is 12.2 Å². The number of ether oxygens (including phenoxy) is 2. The Labute approximate surface area is 94.1 Å². The minimum absolute atomic E-state index is 0.549. The number of hydrogen-bond acceptors (Lipinski definition) is 3. The van der Waals surface area contributed by atoms with E-state index in [1.165, 1.54) is 12.3 Å². The molecule has 0 amide bonds. The third-order valence-corrected chi connectivity index (χ3v) is 2.16. The van der Waals surface area contributed by atoms with E-state index in [-0.39, 0.29) is 0 Å². The van der Waals surface area contributed by atoms with Crippen LogP contribution in [0.5, 0.6) is 0 Å². The van der Waals surface area contributed by atoms with Crippen LogP contribution in [0.3, 0.4) is 0 Å². The van der Waals surface area contributed by atoms with E-state index in [0.29, 0.717) is 5.76 Å². The summed E-state index contributed by atoms with van der Waals surface area (Å²) in [6.45, 7) is 1.72. The molecule has 2 rings (SSSR count). The van der Waals surface area contributed by atoms with Crippen LogP contribution in [0, 0.1) is 23.7 Å². The fourth-order valence-electron chi connectivity index (χ4n) is 1.38. The highest BCUT2D eigenvalue weighted by atomic mass is 16.7. The average molecular weight is 214 g/mol. The predicted molar refractivity (Wildman–Crippen MR) is 58.5 cm³/mol. The largest absolute Gasteiger partial charge is 0.454 e. The molecular formula is C13H10O3. The van der Waals surface area contributed by atoms with E-state index in [0.717, 1.165) is 0 Å². The average Bonchev–Trinajstić information content (AvgIpc) is 2.84. The molecule has 16 heavy (non-hydrogen) atoms. The van der Waals surface area contributed by atoms with E-state index in [1.54, 1.807) is 25.2 Å². The normalized spacial score (nSPS) is 31.6. The van der Waals surface area contributed by atoms with E-state index in [9.17, 15) is 5.11 Å². The zero-order chi connectivity index (χ0) is 11.4. The molecule has 2 atom stereocenters. The van der Waals surface area contributed by atoms with Gasteiger partial charge in [-0.1, -0.05) is 11.8 Å². The fourth-order valence-corrected chi connectivity index (χ4v) is 1.38. The highest BCUT2D eigenvalue weighted by Crippen LogP contribution is 2.34. The first-order valence-electron chi connectivity index (χ1n) is 4.80. The molecule has 0 aromatic rings. The highest BCUT2D eigenvalue weighted by Gasteiger charge is 2.45. The van der Waals surface area contributed by atoms with Gasteiger partial charge < -0.3 is 14.6 Å². The molecule has 3 heteroatoms. The van der Waals surface area contributed by atoms with Gasteiger partial charge in [0.1, 0.15) is 5.76 Å². The number of aliphatic hydroxyl groups excluding tert-OH is 1. The van der Waals surface area contributed by atoms with Gasteiger partial charge in [0.05, 0.1) is 6.26 Å². The quantitative estimate of drug-likeness (QED) is 0.613. The molecule has 0 aromatic carbocycles. The standard InChI is InChI=1S/C13H10O3/c1-2-3-4-5-6-11-7-9-13(16-11)12(14)8-10-15-13/h6-10,12,14H,1H3/b11-6-/t12-,13-/m0/s1. The van der Waals surface area contributed by atoms with Crippen LogP contribution in [0.4, 0.5) is 0 Å². The second kappa shape index (κ2) is 4.18. The van der Waals surface area contributed by atoms with Crippen LogP contribution >= 0.6 is 0 Å². The highest BCUT2D eigenvalue weighted by molar-refractivity contribution is 5.36. The van der Waals surface area contributed by atoms with Crippen molar-refractivity contribution in [1.82, 2.24) is 0 Å². The van der Waals surface area contributed by atoms with Crippen molar-refractivity contribution in [2.75, 3.05) is 0 Å². The third-order valence-electron chi connectivity index (χ3n) is 2.16.